The van der Waals surface area contributed by atoms with Crippen molar-refractivity contribution >= 4 is 17.8 Å². The fourth-order valence-electron chi connectivity index (χ4n) is 3.82. The van der Waals surface area contributed by atoms with Crippen LogP contribution in [0, 0.1) is 0 Å². The van der Waals surface area contributed by atoms with Crippen LogP contribution in [0.4, 0.5) is 0 Å². The summed E-state index contributed by atoms with van der Waals surface area (Å²) in [6.07, 6.45) is 3.79. The van der Waals surface area contributed by atoms with E-state index in [1.165, 1.54) is 0 Å². The first kappa shape index (κ1) is 24.7. The first-order valence-electron chi connectivity index (χ1n) is 11.0. The molecule has 0 radical (unpaired) electrons. The number of rotatable bonds is 9. The van der Waals surface area contributed by atoms with E-state index >= 15 is 0 Å². The molecule has 0 spiro atoms. The summed E-state index contributed by atoms with van der Waals surface area (Å²) >= 11 is 0. The molecule has 0 saturated carbocycles. The van der Waals surface area contributed by atoms with Crippen LogP contribution >= 0.6 is 0 Å². The largest absolute Gasteiger partial charge is 0.356 e. The molecule has 2 N–H and O–H groups in total. The SMILES string of the molecule is CN=C(NCCCN1CCCC1C(=O)N(C)C)NCCc1cccc(C(=O)N(C)C)c1. The maximum Gasteiger partial charge on any atom is 0.253 e. The van der Waals surface area contributed by atoms with Crippen molar-refractivity contribution in [2.45, 2.75) is 31.7 Å². The van der Waals surface area contributed by atoms with Gasteiger partial charge in [0.05, 0.1) is 6.04 Å². The molecular weight excluding hydrogens is 392 g/mol. The third-order valence-corrected chi connectivity index (χ3v) is 5.51. The highest BCUT2D eigenvalue weighted by molar-refractivity contribution is 5.94. The van der Waals surface area contributed by atoms with Gasteiger partial charge in [0.1, 0.15) is 0 Å². The predicted octanol–water partition coefficient (Wildman–Crippen LogP) is 1.04. The molecule has 1 aliphatic heterocycles. The topological polar surface area (TPSA) is 80.3 Å². The van der Waals surface area contributed by atoms with E-state index in [0.29, 0.717) is 5.56 Å². The van der Waals surface area contributed by atoms with E-state index in [2.05, 4.69) is 20.5 Å². The van der Waals surface area contributed by atoms with Crippen LogP contribution in [0.3, 0.4) is 0 Å². The van der Waals surface area contributed by atoms with E-state index in [-0.39, 0.29) is 17.9 Å². The highest BCUT2D eigenvalue weighted by Crippen LogP contribution is 2.18. The lowest BCUT2D eigenvalue weighted by atomic mass is 10.1. The maximum atomic E-state index is 12.3. The van der Waals surface area contributed by atoms with Crippen molar-refractivity contribution in [3.05, 3.63) is 35.4 Å². The monoisotopic (exact) mass is 430 g/mol. The minimum Gasteiger partial charge on any atom is -0.356 e. The van der Waals surface area contributed by atoms with Crippen LogP contribution < -0.4 is 10.6 Å². The fraction of sp³-hybridized carbons (Fsp3) is 0.609. The number of amides is 2. The molecular formula is C23H38N6O2. The second kappa shape index (κ2) is 12.3. The Labute approximate surface area is 186 Å². The highest BCUT2D eigenvalue weighted by atomic mass is 16.2. The van der Waals surface area contributed by atoms with Gasteiger partial charge in [-0.1, -0.05) is 12.1 Å². The summed E-state index contributed by atoms with van der Waals surface area (Å²) in [6.45, 7) is 3.42. The van der Waals surface area contributed by atoms with Gasteiger partial charge in [0.15, 0.2) is 5.96 Å². The van der Waals surface area contributed by atoms with Gasteiger partial charge in [-0.25, -0.2) is 0 Å². The van der Waals surface area contributed by atoms with Crippen LogP contribution in [0.25, 0.3) is 0 Å². The number of likely N-dealkylation sites (N-methyl/N-ethyl adjacent to an activating group) is 1. The summed E-state index contributed by atoms with van der Waals surface area (Å²) in [5.41, 5.74) is 1.82. The quantitative estimate of drug-likeness (QED) is 0.348. The lowest BCUT2D eigenvalue weighted by molar-refractivity contribution is -0.133. The molecule has 1 saturated heterocycles. The maximum absolute atomic E-state index is 12.3. The lowest BCUT2D eigenvalue weighted by Gasteiger charge is -2.26. The van der Waals surface area contributed by atoms with Crippen LogP contribution in [-0.4, -0.2) is 99.9 Å². The van der Waals surface area contributed by atoms with E-state index in [1.807, 2.05) is 38.4 Å². The highest BCUT2D eigenvalue weighted by Gasteiger charge is 2.30. The van der Waals surface area contributed by atoms with E-state index < -0.39 is 0 Å². The summed E-state index contributed by atoms with van der Waals surface area (Å²) < 4.78 is 0. The van der Waals surface area contributed by atoms with Crippen molar-refractivity contribution in [2.24, 2.45) is 4.99 Å². The molecule has 1 heterocycles. The first-order chi connectivity index (χ1) is 14.8. The van der Waals surface area contributed by atoms with Gasteiger partial charge >= 0.3 is 0 Å². The van der Waals surface area contributed by atoms with Crippen molar-refractivity contribution in [2.75, 3.05) is 61.4 Å². The van der Waals surface area contributed by atoms with Gasteiger partial charge < -0.3 is 20.4 Å². The third-order valence-electron chi connectivity index (χ3n) is 5.51. The van der Waals surface area contributed by atoms with Crippen LogP contribution in [0.1, 0.15) is 35.2 Å². The number of carbonyl (C=O) groups excluding carboxylic acids is 2. The number of carbonyl (C=O) groups is 2. The van der Waals surface area contributed by atoms with E-state index in [1.54, 1.807) is 30.9 Å². The van der Waals surface area contributed by atoms with Gasteiger partial charge in [-0.05, 0) is 49.9 Å². The molecule has 1 unspecified atom stereocenters. The normalized spacial score (nSPS) is 16.8. The van der Waals surface area contributed by atoms with Crippen LogP contribution in [0.5, 0.6) is 0 Å². The molecule has 1 fully saturated rings. The summed E-state index contributed by atoms with van der Waals surface area (Å²) in [5.74, 6) is 0.988. The Morgan fingerprint density at radius 3 is 2.55 bits per heavy atom. The van der Waals surface area contributed by atoms with Gasteiger partial charge in [0.25, 0.3) is 5.91 Å². The van der Waals surface area contributed by atoms with Crippen molar-refractivity contribution in [1.29, 1.82) is 0 Å². The Balaban J connectivity index is 1.71. The Bertz CT molecular complexity index is 762. The molecule has 2 rings (SSSR count). The molecule has 8 heteroatoms. The van der Waals surface area contributed by atoms with Crippen LogP contribution in [0.15, 0.2) is 29.3 Å². The van der Waals surface area contributed by atoms with E-state index in [9.17, 15) is 9.59 Å². The molecule has 1 atom stereocenters. The van der Waals surface area contributed by atoms with Crippen LogP contribution in [-0.2, 0) is 11.2 Å². The first-order valence-corrected chi connectivity index (χ1v) is 11.0. The predicted molar refractivity (Wildman–Crippen MR) is 125 cm³/mol. The number of nitrogens with one attached hydrogen (secondary N) is 2. The smallest absolute Gasteiger partial charge is 0.253 e. The standard InChI is InChI=1S/C23H38N6O2/c1-24-23(25-13-8-16-29-15-7-11-20(29)22(31)28(4)5)26-14-12-18-9-6-10-19(17-18)21(30)27(2)3/h6,9-10,17,20H,7-8,11-16H2,1-5H3,(H2,24,25,26). The Kier molecular flexibility index (Phi) is 9.78. The van der Waals surface area contributed by atoms with Gasteiger partial charge in [0, 0.05) is 60.4 Å². The minimum absolute atomic E-state index is 0.0137. The second-order valence-corrected chi connectivity index (χ2v) is 8.36. The molecule has 1 aliphatic rings. The number of benzene rings is 1. The number of guanidine groups is 1. The zero-order chi connectivity index (χ0) is 22.8. The molecule has 0 aliphatic carbocycles. The number of nitrogens with zero attached hydrogens (tertiary/aromatic N) is 4. The molecule has 2 amide bonds. The van der Waals surface area contributed by atoms with Crippen molar-refractivity contribution in [1.82, 2.24) is 25.3 Å². The Morgan fingerprint density at radius 2 is 1.87 bits per heavy atom. The van der Waals surface area contributed by atoms with Crippen molar-refractivity contribution in [3.8, 4) is 0 Å². The van der Waals surface area contributed by atoms with Crippen molar-refractivity contribution < 1.29 is 9.59 Å². The summed E-state index contributed by atoms with van der Waals surface area (Å²) in [7, 11) is 8.93. The summed E-state index contributed by atoms with van der Waals surface area (Å²) in [4.78, 5) is 34.3. The van der Waals surface area contributed by atoms with Gasteiger partial charge in [-0.3, -0.25) is 19.5 Å². The average Bonchev–Trinajstić information content (AvgIpc) is 3.22. The fourth-order valence-corrected chi connectivity index (χ4v) is 3.82. The van der Waals surface area contributed by atoms with E-state index in [0.717, 1.165) is 63.4 Å². The van der Waals surface area contributed by atoms with Gasteiger partial charge in [0.2, 0.25) is 5.91 Å². The number of hydrogen-bond acceptors (Lipinski definition) is 4. The molecule has 0 aromatic heterocycles. The summed E-state index contributed by atoms with van der Waals surface area (Å²) in [6, 6.07) is 7.78. The van der Waals surface area contributed by atoms with Gasteiger partial charge in [-0.15, -0.1) is 0 Å². The van der Waals surface area contributed by atoms with E-state index in [4.69, 9.17) is 0 Å². The Hall–Kier alpha value is -2.61. The summed E-state index contributed by atoms with van der Waals surface area (Å²) in [5, 5.41) is 6.68. The second-order valence-electron chi connectivity index (χ2n) is 8.36. The minimum atomic E-state index is 0.0137. The Morgan fingerprint density at radius 1 is 1.13 bits per heavy atom. The molecule has 1 aromatic carbocycles. The average molecular weight is 431 g/mol. The number of aliphatic imine (C=N–C) groups is 1. The zero-order valence-electron chi connectivity index (χ0n) is 19.6. The molecule has 8 nitrogen and oxygen atoms in total. The molecule has 0 bridgehead atoms. The number of likely N-dealkylation sites (tertiary alicyclic amines) is 1. The zero-order valence-corrected chi connectivity index (χ0v) is 19.6. The molecule has 1 aromatic rings. The molecule has 31 heavy (non-hydrogen) atoms. The third kappa shape index (κ3) is 7.54. The number of hydrogen-bond donors (Lipinski definition) is 2. The van der Waals surface area contributed by atoms with Gasteiger partial charge in [-0.2, -0.15) is 0 Å². The van der Waals surface area contributed by atoms with Crippen LogP contribution in [0.2, 0.25) is 0 Å². The van der Waals surface area contributed by atoms with Crippen molar-refractivity contribution in [3.63, 3.8) is 0 Å². The molecule has 172 valence electrons. The lowest BCUT2D eigenvalue weighted by Crippen LogP contribution is -2.44.